The number of aryl methyl sites for hydroxylation is 2. The fourth-order valence-electron chi connectivity index (χ4n) is 9.17. The minimum atomic E-state index is -0.330. The number of hydrogen-bond acceptors (Lipinski definition) is 6. The van der Waals surface area contributed by atoms with Gasteiger partial charge in [-0.2, -0.15) is 10.2 Å². The highest BCUT2D eigenvalue weighted by Crippen LogP contribution is 2.29. The maximum atomic E-state index is 14.3. The lowest BCUT2D eigenvalue weighted by Gasteiger charge is -2.35. The van der Waals surface area contributed by atoms with Crippen LogP contribution < -0.4 is 5.32 Å². The third kappa shape index (κ3) is 12.1. The van der Waals surface area contributed by atoms with Crippen LogP contribution >= 0.6 is 48.0 Å². The van der Waals surface area contributed by atoms with Gasteiger partial charge < -0.3 is 20.0 Å². The van der Waals surface area contributed by atoms with Crippen LogP contribution in [-0.2, 0) is 48.6 Å². The minimum Gasteiger partial charge on any atom is -0.336 e. The first kappa shape index (κ1) is 48.8. The Hall–Kier alpha value is -3.26. The van der Waals surface area contributed by atoms with Crippen molar-refractivity contribution in [2.24, 2.45) is 11.8 Å². The topological polar surface area (TPSA) is 91.5 Å². The van der Waals surface area contributed by atoms with Crippen molar-refractivity contribution in [1.82, 2.24) is 39.6 Å². The van der Waals surface area contributed by atoms with E-state index in [1.165, 1.54) is 23.3 Å². The molecule has 4 aliphatic heterocycles. The van der Waals surface area contributed by atoms with Crippen LogP contribution in [0.1, 0.15) is 97.4 Å². The van der Waals surface area contributed by atoms with Gasteiger partial charge in [0.1, 0.15) is 11.6 Å². The highest BCUT2D eigenvalue weighted by Gasteiger charge is 2.31. The number of halogens is 6. The van der Waals surface area contributed by atoms with Crippen molar-refractivity contribution < 1.29 is 18.4 Å². The van der Waals surface area contributed by atoms with Gasteiger partial charge in [0.05, 0.1) is 49.0 Å². The number of piperidine rings is 2. The Morgan fingerprint density at radius 2 is 1.13 bits per heavy atom. The SMILES string of the molecule is Cc1nn(Cc2ccc(Cl)cc2F)c2c1CCN(C(=O)CC1CCN(C(C)C)CC1)C2.Cc1nn(Cc2ccc(Cl)cc2F)c2c1CCN(C(=O)CC1CCNCC1)C2.Cl.Cl. The Kier molecular flexibility index (Phi) is 17.5. The van der Waals surface area contributed by atoms with E-state index in [9.17, 15) is 18.4 Å². The van der Waals surface area contributed by atoms with Gasteiger partial charge >= 0.3 is 0 Å². The Morgan fingerprint density at radius 1 is 0.705 bits per heavy atom. The average Bonchev–Trinajstić information content (AvgIpc) is 3.71. The van der Waals surface area contributed by atoms with E-state index in [4.69, 9.17) is 23.2 Å². The molecule has 334 valence electrons. The van der Waals surface area contributed by atoms with Crippen LogP contribution in [0, 0.1) is 37.3 Å². The minimum absolute atomic E-state index is 0. The molecule has 16 heteroatoms. The molecule has 4 aromatic rings. The van der Waals surface area contributed by atoms with E-state index >= 15 is 0 Å². The average molecular weight is 925 g/mol. The van der Waals surface area contributed by atoms with Crippen LogP contribution in [0.4, 0.5) is 8.78 Å². The van der Waals surface area contributed by atoms with Gasteiger partial charge in [-0.05, 0) is 140 Å². The van der Waals surface area contributed by atoms with Gasteiger partial charge in [0.2, 0.25) is 11.8 Å². The lowest BCUT2D eigenvalue weighted by molar-refractivity contribution is -0.134. The Labute approximate surface area is 381 Å². The second kappa shape index (κ2) is 21.9. The van der Waals surface area contributed by atoms with Crippen LogP contribution in [0.2, 0.25) is 10.0 Å². The number of nitrogens with one attached hydrogen (secondary N) is 1. The van der Waals surface area contributed by atoms with E-state index in [1.54, 1.807) is 24.3 Å². The number of carbonyl (C=O) groups is 2. The molecule has 4 aliphatic rings. The molecule has 0 saturated carbocycles. The summed E-state index contributed by atoms with van der Waals surface area (Å²) in [6.07, 6.45) is 7.18. The molecule has 8 rings (SSSR count). The Bertz CT molecular complexity index is 2130. The van der Waals surface area contributed by atoms with Gasteiger partial charge in [0.15, 0.2) is 0 Å². The van der Waals surface area contributed by atoms with E-state index in [0.717, 1.165) is 101 Å². The highest BCUT2D eigenvalue weighted by molar-refractivity contribution is 6.30. The predicted molar refractivity (Wildman–Crippen MR) is 242 cm³/mol. The van der Waals surface area contributed by atoms with Crippen molar-refractivity contribution in [2.45, 2.75) is 111 Å². The molecule has 2 aromatic carbocycles. The largest absolute Gasteiger partial charge is 0.336 e. The molecule has 0 spiro atoms. The molecule has 10 nitrogen and oxygen atoms in total. The number of rotatable bonds is 9. The number of nitrogens with zero attached hydrogens (tertiary/aromatic N) is 7. The van der Waals surface area contributed by atoms with E-state index in [0.29, 0.717) is 78.1 Å². The zero-order valence-corrected chi connectivity index (χ0v) is 38.8. The maximum absolute atomic E-state index is 14.3. The first-order chi connectivity index (χ1) is 28.3. The second-order valence-electron chi connectivity index (χ2n) is 17.1. The van der Waals surface area contributed by atoms with Crippen LogP contribution in [0.3, 0.4) is 0 Å². The van der Waals surface area contributed by atoms with Crippen LogP contribution in [-0.4, -0.2) is 91.4 Å². The number of aromatic nitrogens is 4. The highest BCUT2D eigenvalue weighted by atomic mass is 35.5. The van der Waals surface area contributed by atoms with Crippen LogP contribution in [0.5, 0.6) is 0 Å². The van der Waals surface area contributed by atoms with Gasteiger partial charge in [-0.3, -0.25) is 19.0 Å². The van der Waals surface area contributed by atoms with E-state index < -0.39 is 0 Å². The molecule has 6 heterocycles. The summed E-state index contributed by atoms with van der Waals surface area (Å²) >= 11 is 11.8. The van der Waals surface area contributed by atoms with Crippen molar-refractivity contribution >= 4 is 59.8 Å². The van der Waals surface area contributed by atoms with Crippen molar-refractivity contribution in [2.75, 3.05) is 39.3 Å². The van der Waals surface area contributed by atoms with Gasteiger partial charge in [0.25, 0.3) is 0 Å². The predicted octanol–water partition coefficient (Wildman–Crippen LogP) is 8.58. The van der Waals surface area contributed by atoms with Gasteiger partial charge in [-0.25, -0.2) is 8.78 Å². The van der Waals surface area contributed by atoms with Crippen LogP contribution in [0.25, 0.3) is 0 Å². The standard InChI is InChI=1S/C24H32ClFN4O.C21H26ClFN4O.2ClH/c1-16(2)28-9-6-18(7-10-28)12-24(31)29-11-8-21-17(3)27-30(23(21)15-29)14-19-4-5-20(25)13-22(19)26;1-14-18-6-9-26(21(28)10-15-4-7-24-8-5-15)13-20(18)27(25-14)12-16-2-3-17(22)11-19(16)23;;/h4-5,13,16,18H,6-12,14-15H2,1-3H3;2-3,11,15,24H,4-10,12-13H2,1H3;2*1H. The molecule has 0 aliphatic carbocycles. The summed E-state index contributed by atoms with van der Waals surface area (Å²) in [5, 5.41) is 13.4. The lowest BCUT2D eigenvalue weighted by atomic mass is 9.92. The molecule has 0 radical (unpaired) electrons. The molecule has 2 aromatic heterocycles. The smallest absolute Gasteiger partial charge is 0.223 e. The zero-order chi connectivity index (χ0) is 41.8. The molecular formula is C45H60Cl4F2N8O2. The lowest BCUT2D eigenvalue weighted by Crippen LogP contribution is -2.41. The van der Waals surface area contributed by atoms with Crippen molar-refractivity contribution in [3.05, 3.63) is 103 Å². The monoisotopic (exact) mass is 922 g/mol. The van der Waals surface area contributed by atoms with E-state index in [1.807, 2.05) is 33.0 Å². The summed E-state index contributed by atoms with van der Waals surface area (Å²) in [7, 11) is 0. The summed E-state index contributed by atoms with van der Waals surface area (Å²) in [4.78, 5) is 32.3. The summed E-state index contributed by atoms with van der Waals surface area (Å²) in [6, 6.07) is 10.0. The summed E-state index contributed by atoms with van der Waals surface area (Å²) in [5.41, 5.74) is 7.48. The third-order valence-electron chi connectivity index (χ3n) is 12.8. The molecule has 0 unspecified atom stereocenters. The van der Waals surface area contributed by atoms with Gasteiger partial charge in [0, 0.05) is 53.1 Å². The quantitative estimate of drug-likeness (QED) is 0.181. The molecule has 61 heavy (non-hydrogen) atoms. The fraction of sp³-hybridized carbons (Fsp3) is 0.556. The maximum Gasteiger partial charge on any atom is 0.223 e. The summed E-state index contributed by atoms with van der Waals surface area (Å²) < 4.78 is 32.3. The molecule has 0 atom stereocenters. The summed E-state index contributed by atoms with van der Waals surface area (Å²) in [5.74, 6) is 0.746. The normalized spacial score (nSPS) is 17.2. The van der Waals surface area contributed by atoms with Crippen molar-refractivity contribution in [3.63, 3.8) is 0 Å². The van der Waals surface area contributed by atoms with Crippen LogP contribution in [0.15, 0.2) is 36.4 Å². The van der Waals surface area contributed by atoms with Crippen molar-refractivity contribution in [3.8, 4) is 0 Å². The third-order valence-corrected chi connectivity index (χ3v) is 13.3. The number of benzene rings is 2. The Morgan fingerprint density at radius 3 is 1.54 bits per heavy atom. The van der Waals surface area contributed by atoms with Crippen molar-refractivity contribution in [1.29, 1.82) is 0 Å². The first-order valence-corrected chi connectivity index (χ1v) is 22.1. The Balaban J connectivity index is 0.000000225. The van der Waals surface area contributed by atoms with E-state index in [-0.39, 0.29) is 48.3 Å². The molecule has 2 amide bonds. The molecule has 0 bridgehead atoms. The summed E-state index contributed by atoms with van der Waals surface area (Å²) in [6.45, 7) is 15.9. The first-order valence-electron chi connectivity index (χ1n) is 21.3. The number of amides is 2. The van der Waals surface area contributed by atoms with Gasteiger partial charge in [-0.15, -0.1) is 24.8 Å². The number of fused-ring (bicyclic) bond motifs is 2. The molecular weight excluding hydrogens is 864 g/mol. The molecule has 1 N–H and O–H groups in total. The fourth-order valence-corrected chi connectivity index (χ4v) is 9.49. The molecule has 2 saturated heterocycles. The van der Waals surface area contributed by atoms with Gasteiger partial charge in [-0.1, -0.05) is 35.3 Å². The zero-order valence-electron chi connectivity index (χ0n) is 35.7. The number of hydrogen-bond donors (Lipinski definition) is 1. The number of likely N-dealkylation sites (tertiary alicyclic amines) is 1. The second-order valence-corrected chi connectivity index (χ2v) is 18.0. The number of carbonyl (C=O) groups excluding carboxylic acids is 2. The molecule has 2 fully saturated rings. The van der Waals surface area contributed by atoms with E-state index in [2.05, 4.69) is 34.3 Å².